The van der Waals surface area contributed by atoms with Gasteiger partial charge in [0.05, 0.1) is 12.7 Å². The van der Waals surface area contributed by atoms with Crippen LogP contribution in [0.2, 0.25) is 5.02 Å². The first-order chi connectivity index (χ1) is 15.8. The molecule has 0 atom stereocenters. The van der Waals surface area contributed by atoms with Crippen LogP contribution in [0.3, 0.4) is 0 Å². The number of benzene rings is 2. The van der Waals surface area contributed by atoms with Crippen LogP contribution >= 0.6 is 11.6 Å². The number of allylic oxidation sites excluding steroid dienone is 1. The van der Waals surface area contributed by atoms with Gasteiger partial charge in [-0.05, 0) is 72.2 Å². The quantitative estimate of drug-likeness (QED) is 0.412. The molecule has 0 saturated heterocycles. The molecule has 4 nitrogen and oxygen atoms in total. The highest BCUT2D eigenvalue weighted by atomic mass is 35.5. The van der Waals surface area contributed by atoms with E-state index in [-0.39, 0.29) is 5.97 Å². The third-order valence-corrected chi connectivity index (χ3v) is 7.46. The van der Waals surface area contributed by atoms with E-state index in [1.165, 1.54) is 35.9 Å². The zero-order valence-corrected chi connectivity index (χ0v) is 20.4. The fourth-order valence-corrected chi connectivity index (χ4v) is 5.61. The van der Waals surface area contributed by atoms with Crippen LogP contribution in [-0.2, 0) is 17.8 Å². The van der Waals surface area contributed by atoms with Crippen LogP contribution in [0.1, 0.15) is 54.7 Å². The molecule has 0 amide bonds. The number of rotatable bonds is 4. The smallest absolute Gasteiger partial charge is 0.337 e. The highest BCUT2D eigenvalue weighted by molar-refractivity contribution is 6.30. The van der Waals surface area contributed by atoms with Gasteiger partial charge in [0.25, 0.3) is 0 Å². The Morgan fingerprint density at radius 1 is 1.09 bits per heavy atom. The number of carbonyl (C=O) groups excluding carboxylic acids is 1. The number of carbonyl (C=O) groups is 1. The van der Waals surface area contributed by atoms with Crippen molar-refractivity contribution in [1.82, 2.24) is 9.47 Å². The summed E-state index contributed by atoms with van der Waals surface area (Å²) in [7, 11) is 1.43. The van der Waals surface area contributed by atoms with Gasteiger partial charge in [0.15, 0.2) is 0 Å². The number of methoxy groups -OCH3 is 1. The standard InChI is InChI=1S/C28H31ClN2O2/c1-28(2)11-10-25(19-4-7-23(29)8-5-19)22(16-28)17-30-12-13-31-24(18-30)15-21-14-20(27(32)33-3)6-9-26(21)31/h4-9,14-15H,10-13,16-18H2,1-3H3. The van der Waals surface area contributed by atoms with Gasteiger partial charge in [-0.2, -0.15) is 0 Å². The van der Waals surface area contributed by atoms with E-state index < -0.39 is 0 Å². The Labute approximate surface area is 200 Å². The molecule has 1 aliphatic carbocycles. The van der Waals surface area contributed by atoms with Gasteiger partial charge in [-0.1, -0.05) is 43.2 Å². The molecule has 0 fully saturated rings. The molecular formula is C28H31ClN2O2. The molecule has 3 aromatic rings. The maximum absolute atomic E-state index is 11.9. The summed E-state index contributed by atoms with van der Waals surface area (Å²) >= 11 is 6.15. The van der Waals surface area contributed by atoms with Crippen molar-refractivity contribution in [2.24, 2.45) is 5.41 Å². The number of aromatic nitrogens is 1. The Morgan fingerprint density at radius 2 is 1.88 bits per heavy atom. The summed E-state index contributed by atoms with van der Waals surface area (Å²) in [5, 5.41) is 1.89. The van der Waals surface area contributed by atoms with E-state index in [0.717, 1.165) is 49.4 Å². The average Bonchev–Trinajstić information content (AvgIpc) is 3.16. The summed E-state index contributed by atoms with van der Waals surface area (Å²) in [5.74, 6) is -0.288. The highest BCUT2D eigenvalue weighted by Gasteiger charge is 2.29. The third-order valence-electron chi connectivity index (χ3n) is 7.21. The molecule has 5 rings (SSSR count). The summed E-state index contributed by atoms with van der Waals surface area (Å²) in [4.78, 5) is 14.5. The summed E-state index contributed by atoms with van der Waals surface area (Å²) < 4.78 is 7.29. The van der Waals surface area contributed by atoms with E-state index in [1.54, 1.807) is 5.57 Å². The monoisotopic (exact) mass is 462 g/mol. The van der Waals surface area contributed by atoms with Crippen LogP contribution in [0.4, 0.5) is 0 Å². The van der Waals surface area contributed by atoms with Gasteiger partial charge in [0.2, 0.25) is 0 Å². The first-order valence-electron chi connectivity index (χ1n) is 11.7. The molecule has 33 heavy (non-hydrogen) atoms. The van der Waals surface area contributed by atoms with Gasteiger partial charge in [0.1, 0.15) is 0 Å². The van der Waals surface area contributed by atoms with Crippen molar-refractivity contribution in [3.63, 3.8) is 0 Å². The van der Waals surface area contributed by atoms with Crippen LogP contribution in [0.15, 0.2) is 54.1 Å². The normalized spacial score (nSPS) is 18.4. The highest BCUT2D eigenvalue weighted by Crippen LogP contribution is 2.43. The number of fused-ring (bicyclic) bond motifs is 3. The molecule has 5 heteroatoms. The first-order valence-corrected chi connectivity index (χ1v) is 12.1. The molecule has 2 aromatic carbocycles. The van der Waals surface area contributed by atoms with Crippen molar-refractivity contribution < 1.29 is 9.53 Å². The molecule has 0 bridgehead atoms. The largest absolute Gasteiger partial charge is 0.465 e. The molecule has 0 saturated carbocycles. The molecule has 0 radical (unpaired) electrons. The molecule has 0 unspecified atom stereocenters. The fraction of sp³-hybridized carbons (Fsp3) is 0.393. The maximum atomic E-state index is 11.9. The lowest BCUT2D eigenvalue weighted by atomic mass is 9.73. The Balaban J connectivity index is 1.42. The number of hydrogen-bond donors (Lipinski definition) is 0. The minimum absolute atomic E-state index is 0.288. The van der Waals surface area contributed by atoms with E-state index >= 15 is 0 Å². The molecule has 1 aromatic heterocycles. The second kappa shape index (κ2) is 8.66. The van der Waals surface area contributed by atoms with E-state index in [0.29, 0.717) is 11.0 Å². The number of hydrogen-bond acceptors (Lipinski definition) is 3. The zero-order valence-electron chi connectivity index (χ0n) is 19.7. The van der Waals surface area contributed by atoms with Crippen molar-refractivity contribution in [2.45, 2.75) is 46.2 Å². The molecule has 172 valence electrons. The minimum Gasteiger partial charge on any atom is -0.465 e. The van der Waals surface area contributed by atoms with Gasteiger partial charge in [0, 0.05) is 47.8 Å². The summed E-state index contributed by atoms with van der Waals surface area (Å²) in [5.41, 5.74) is 7.81. The lowest BCUT2D eigenvalue weighted by molar-refractivity contribution is 0.0601. The Kier molecular flexibility index (Phi) is 5.84. The number of ether oxygens (including phenoxy) is 1. The average molecular weight is 463 g/mol. The van der Waals surface area contributed by atoms with Gasteiger partial charge in [-0.15, -0.1) is 0 Å². The molecule has 1 aliphatic heterocycles. The van der Waals surface area contributed by atoms with Crippen LogP contribution < -0.4 is 0 Å². The lowest BCUT2D eigenvalue weighted by Crippen LogP contribution is -2.36. The van der Waals surface area contributed by atoms with Crippen LogP contribution in [-0.4, -0.2) is 35.6 Å². The topological polar surface area (TPSA) is 34.5 Å². The Bertz CT molecular complexity index is 1240. The van der Waals surface area contributed by atoms with Crippen LogP contribution in [0, 0.1) is 5.41 Å². The number of halogens is 1. The summed E-state index contributed by atoms with van der Waals surface area (Å²) in [6.07, 6.45) is 3.46. The zero-order chi connectivity index (χ0) is 23.2. The summed E-state index contributed by atoms with van der Waals surface area (Å²) in [6, 6.07) is 16.4. The second-order valence-electron chi connectivity index (χ2n) is 10.2. The SMILES string of the molecule is COC(=O)c1ccc2c(c1)cc1n2CCN(CC2=C(c3ccc(Cl)cc3)CCC(C)(C)C2)C1. The molecular weight excluding hydrogens is 432 g/mol. The molecule has 0 spiro atoms. The third kappa shape index (κ3) is 4.47. The van der Waals surface area contributed by atoms with Gasteiger partial charge in [-0.3, -0.25) is 4.90 Å². The van der Waals surface area contributed by atoms with Crippen molar-refractivity contribution >= 4 is 34.0 Å². The van der Waals surface area contributed by atoms with Crippen molar-refractivity contribution in [1.29, 1.82) is 0 Å². The first kappa shape index (κ1) is 22.2. The molecule has 2 heterocycles. The van der Waals surface area contributed by atoms with Gasteiger partial charge in [-0.25, -0.2) is 4.79 Å². The van der Waals surface area contributed by atoms with Crippen molar-refractivity contribution in [3.8, 4) is 0 Å². The fourth-order valence-electron chi connectivity index (χ4n) is 5.49. The van der Waals surface area contributed by atoms with Crippen LogP contribution in [0.5, 0.6) is 0 Å². The van der Waals surface area contributed by atoms with Gasteiger partial charge >= 0.3 is 5.97 Å². The van der Waals surface area contributed by atoms with Crippen molar-refractivity contribution in [2.75, 3.05) is 20.2 Å². The molecule has 2 aliphatic rings. The van der Waals surface area contributed by atoms with E-state index in [4.69, 9.17) is 16.3 Å². The predicted octanol–water partition coefficient (Wildman–Crippen LogP) is 6.56. The van der Waals surface area contributed by atoms with Gasteiger partial charge < -0.3 is 9.30 Å². The lowest BCUT2D eigenvalue weighted by Gasteiger charge is -2.37. The second-order valence-corrected chi connectivity index (χ2v) is 10.6. The van der Waals surface area contributed by atoms with E-state index in [2.05, 4.69) is 41.5 Å². The Morgan fingerprint density at radius 3 is 2.64 bits per heavy atom. The molecule has 0 N–H and O–H groups in total. The van der Waals surface area contributed by atoms with Crippen molar-refractivity contribution in [3.05, 3.63) is 75.9 Å². The summed E-state index contributed by atoms with van der Waals surface area (Å²) in [6.45, 7) is 8.67. The van der Waals surface area contributed by atoms with Crippen LogP contribution in [0.25, 0.3) is 16.5 Å². The van der Waals surface area contributed by atoms with E-state index in [9.17, 15) is 4.79 Å². The number of esters is 1. The Hall–Kier alpha value is -2.56. The predicted molar refractivity (Wildman–Crippen MR) is 135 cm³/mol. The minimum atomic E-state index is -0.288. The number of nitrogens with zero attached hydrogens (tertiary/aromatic N) is 2. The maximum Gasteiger partial charge on any atom is 0.337 e. The van der Waals surface area contributed by atoms with E-state index in [1.807, 2.05) is 30.3 Å².